The van der Waals surface area contributed by atoms with Crippen LogP contribution in [0.2, 0.25) is 5.02 Å². The van der Waals surface area contributed by atoms with Gasteiger partial charge in [-0.2, -0.15) is 0 Å². The summed E-state index contributed by atoms with van der Waals surface area (Å²) in [6.45, 7) is 0. The van der Waals surface area contributed by atoms with Gasteiger partial charge in [-0.15, -0.1) is 0 Å². The zero-order valence-corrected chi connectivity index (χ0v) is 8.41. The van der Waals surface area contributed by atoms with Gasteiger partial charge in [-0.1, -0.05) is 17.7 Å². The van der Waals surface area contributed by atoms with Gasteiger partial charge in [0.2, 0.25) is 0 Å². The normalized spacial score (nSPS) is 14.5. The van der Waals surface area contributed by atoms with E-state index < -0.39 is 5.97 Å². The number of Topliss-reactive ketones (excluding diaryl/α,β-unsaturated/α-hetero) is 1. The first-order valence-electron chi connectivity index (χ1n) is 4.34. The molecule has 1 aromatic carbocycles. The van der Waals surface area contributed by atoms with Gasteiger partial charge in [-0.05, 0) is 29.3 Å². The minimum Gasteiger partial charge on any atom is -0.478 e. The van der Waals surface area contributed by atoms with Gasteiger partial charge >= 0.3 is 5.97 Å². The smallest absolute Gasteiger partial charge is 0.339 e. The minimum atomic E-state index is -1.19. The van der Waals surface area contributed by atoms with Crippen LogP contribution in [0.3, 0.4) is 0 Å². The van der Waals surface area contributed by atoms with E-state index in [-0.39, 0.29) is 17.8 Å². The Kier molecular flexibility index (Phi) is 2.32. The first-order chi connectivity index (χ1) is 7.08. The zero-order chi connectivity index (χ0) is 11.0. The lowest BCUT2D eigenvalue weighted by Gasteiger charge is -2.12. The van der Waals surface area contributed by atoms with Crippen molar-refractivity contribution >= 4 is 29.4 Å². The molecule has 0 heterocycles. The first kappa shape index (κ1) is 9.93. The highest BCUT2D eigenvalue weighted by Crippen LogP contribution is 2.24. The molecule has 0 spiro atoms. The molecule has 3 nitrogen and oxygen atoms in total. The lowest BCUT2D eigenvalue weighted by Crippen LogP contribution is -2.18. The zero-order valence-electron chi connectivity index (χ0n) is 7.66. The maximum atomic E-state index is 11.4. The van der Waals surface area contributed by atoms with Gasteiger partial charge < -0.3 is 5.11 Å². The predicted molar refractivity (Wildman–Crippen MR) is 55.8 cm³/mol. The number of halogens is 1. The highest BCUT2D eigenvalue weighted by Gasteiger charge is 2.23. The van der Waals surface area contributed by atoms with Crippen molar-refractivity contribution in [3.05, 3.63) is 39.9 Å². The van der Waals surface area contributed by atoms with Crippen LogP contribution in [0.1, 0.15) is 11.1 Å². The lowest BCUT2D eigenvalue weighted by atomic mass is 9.91. The van der Waals surface area contributed by atoms with E-state index >= 15 is 0 Å². The second-order valence-electron chi connectivity index (χ2n) is 3.31. The summed E-state index contributed by atoms with van der Waals surface area (Å²) in [5.41, 5.74) is 1.35. The highest BCUT2D eigenvalue weighted by molar-refractivity contribution is 6.31. The second-order valence-corrected chi connectivity index (χ2v) is 3.74. The average molecular weight is 223 g/mol. The fourth-order valence-corrected chi connectivity index (χ4v) is 1.73. The molecule has 15 heavy (non-hydrogen) atoms. The molecule has 0 aliphatic heterocycles. The van der Waals surface area contributed by atoms with Gasteiger partial charge in [0.15, 0.2) is 5.78 Å². The van der Waals surface area contributed by atoms with Gasteiger partial charge in [-0.3, -0.25) is 4.79 Å². The van der Waals surface area contributed by atoms with Crippen molar-refractivity contribution < 1.29 is 14.7 Å². The van der Waals surface area contributed by atoms with Crippen LogP contribution in [0.4, 0.5) is 0 Å². The Morgan fingerprint density at radius 3 is 2.80 bits per heavy atom. The Morgan fingerprint density at radius 1 is 1.40 bits per heavy atom. The third-order valence-corrected chi connectivity index (χ3v) is 2.52. The molecule has 0 fully saturated rings. The standard InChI is InChI=1S/C11H7ClO3/c12-8-2-1-6-5-10(13)9(11(14)15)4-7(6)3-8/h1-4H,5H2,(H,14,15). The number of rotatable bonds is 1. The Bertz CT molecular complexity index is 489. The van der Waals surface area contributed by atoms with Gasteiger partial charge in [0.05, 0.1) is 0 Å². The van der Waals surface area contributed by atoms with Crippen molar-refractivity contribution in [2.75, 3.05) is 0 Å². The SMILES string of the molecule is O=C(O)C1=Cc2cc(Cl)ccc2CC1=O. The van der Waals surface area contributed by atoms with E-state index in [1.165, 1.54) is 6.08 Å². The van der Waals surface area contributed by atoms with Gasteiger partial charge in [0.25, 0.3) is 0 Å². The van der Waals surface area contributed by atoms with E-state index in [1.54, 1.807) is 18.2 Å². The number of carboxylic acid groups (broad SMARTS) is 1. The summed E-state index contributed by atoms with van der Waals surface area (Å²) in [5, 5.41) is 9.31. The van der Waals surface area contributed by atoms with Crippen LogP contribution in [-0.2, 0) is 16.0 Å². The topological polar surface area (TPSA) is 54.4 Å². The molecule has 0 saturated carbocycles. The summed E-state index contributed by atoms with van der Waals surface area (Å²) in [4.78, 5) is 22.1. The van der Waals surface area contributed by atoms with Crippen LogP contribution >= 0.6 is 11.6 Å². The van der Waals surface area contributed by atoms with E-state index in [9.17, 15) is 9.59 Å². The number of aliphatic carboxylic acids is 1. The summed E-state index contributed by atoms with van der Waals surface area (Å²) >= 11 is 5.78. The Morgan fingerprint density at radius 2 is 2.13 bits per heavy atom. The monoisotopic (exact) mass is 222 g/mol. The number of benzene rings is 1. The van der Waals surface area contributed by atoms with Crippen molar-refractivity contribution in [3.63, 3.8) is 0 Å². The van der Waals surface area contributed by atoms with Crippen molar-refractivity contribution in [2.24, 2.45) is 0 Å². The van der Waals surface area contributed by atoms with Gasteiger partial charge in [0.1, 0.15) is 5.57 Å². The Balaban J connectivity index is 2.56. The Labute approximate surface area is 91.0 Å². The minimum absolute atomic E-state index is 0.130. The van der Waals surface area contributed by atoms with Crippen molar-refractivity contribution in [1.29, 1.82) is 0 Å². The van der Waals surface area contributed by atoms with E-state index in [0.717, 1.165) is 5.56 Å². The van der Waals surface area contributed by atoms with E-state index in [0.29, 0.717) is 10.6 Å². The van der Waals surface area contributed by atoms with Gasteiger partial charge in [0, 0.05) is 11.4 Å². The summed E-state index contributed by atoms with van der Waals surface area (Å²) < 4.78 is 0. The third kappa shape index (κ3) is 1.78. The Hall–Kier alpha value is -1.61. The van der Waals surface area contributed by atoms with Crippen molar-refractivity contribution in [2.45, 2.75) is 6.42 Å². The maximum absolute atomic E-state index is 11.4. The fourth-order valence-electron chi connectivity index (χ4n) is 1.55. The number of carboxylic acids is 1. The van der Waals surface area contributed by atoms with E-state index in [4.69, 9.17) is 16.7 Å². The molecule has 0 aromatic heterocycles. The number of carbonyl (C=O) groups is 2. The second kappa shape index (κ2) is 3.51. The van der Waals surface area contributed by atoms with Crippen molar-refractivity contribution in [1.82, 2.24) is 0 Å². The predicted octanol–water partition coefficient (Wildman–Crippen LogP) is 1.93. The molecule has 0 unspecified atom stereocenters. The van der Waals surface area contributed by atoms with Crippen molar-refractivity contribution in [3.8, 4) is 0 Å². The molecule has 76 valence electrons. The summed E-state index contributed by atoms with van der Waals surface area (Å²) in [5.74, 6) is -1.55. The lowest BCUT2D eigenvalue weighted by molar-refractivity contribution is -0.134. The van der Waals surface area contributed by atoms with E-state index in [1.807, 2.05) is 0 Å². The molecule has 0 saturated heterocycles. The first-order valence-corrected chi connectivity index (χ1v) is 4.72. The molecule has 0 radical (unpaired) electrons. The number of ketones is 1. The summed E-state index contributed by atoms with van der Waals surface area (Å²) in [6.07, 6.45) is 1.50. The molecular weight excluding hydrogens is 216 g/mol. The molecular formula is C11H7ClO3. The fraction of sp³-hybridized carbons (Fsp3) is 0.0909. The van der Waals surface area contributed by atoms with Crippen LogP contribution in [-0.4, -0.2) is 16.9 Å². The number of fused-ring (bicyclic) bond motifs is 1. The summed E-state index contributed by atoms with van der Waals surface area (Å²) in [6, 6.07) is 5.09. The molecule has 0 bridgehead atoms. The van der Waals surface area contributed by atoms with Crippen LogP contribution in [0, 0.1) is 0 Å². The number of carbonyl (C=O) groups excluding carboxylic acids is 1. The molecule has 1 N–H and O–H groups in total. The number of hydrogen-bond donors (Lipinski definition) is 1. The van der Waals surface area contributed by atoms with Crippen LogP contribution < -0.4 is 0 Å². The molecule has 4 heteroatoms. The van der Waals surface area contributed by atoms with E-state index in [2.05, 4.69) is 0 Å². The highest BCUT2D eigenvalue weighted by atomic mass is 35.5. The van der Waals surface area contributed by atoms with Crippen LogP contribution in [0.25, 0.3) is 6.08 Å². The summed E-state index contributed by atoms with van der Waals surface area (Å²) in [7, 11) is 0. The van der Waals surface area contributed by atoms with Crippen LogP contribution in [0.15, 0.2) is 23.8 Å². The molecule has 0 amide bonds. The largest absolute Gasteiger partial charge is 0.478 e. The molecule has 1 aliphatic rings. The van der Waals surface area contributed by atoms with Crippen LogP contribution in [0.5, 0.6) is 0 Å². The third-order valence-electron chi connectivity index (χ3n) is 2.29. The molecule has 1 aromatic rings. The average Bonchev–Trinajstić information content (AvgIpc) is 2.17. The number of hydrogen-bond acceptors (Lipinski definition) is 2. The molecule has 2 rings (SSSR count). The quantitative estimate of drug-likeness (QED) is 0.739. The molecule has 1 aliphatic carbocycles. The molecule has 0 atom stereocenters. The van der Waals surface area contributed by atoms with Gasteiger partial charge in [-0.25, -0.2) is 4.79 Å². The maximum Gasteiger partial charge on any atom is 0.339 e.